The van der Waals surface area contributed by atoms with Gasteiger partial charge in [-0.15, -0.1) is 0 Å². The number of rotatable bonds is 7. The normalized spacial score (nSPS) is 12.0. The van der Waals surface area contributed by atoms with Gasteiger partial charge in [0.25, 0.3) is 0 Å². The zero-order valence-corrected chi connectivity index (χ0v) is 15.2. The third kappa shape index (κ3) is 8.95. The van der Waals surface area contributed by atoms with Crippen LogP contribution in [0.1, 0.15) is 32.8 Å². The molecule has 0 bridgehead atoms. The van der Waals surface area contributed by atoms with Crippen LogP contribution in [0.5, 0.6) is 0 Å². The molecule has 0 aromatic heterocycles. The van der Waals surface area contributed by atoms with Crippen LogP contribution in [0.4, 0.5) is 4.79 Å². The highest BCUT2D eigenvalue weighted by molar-refractivity contribution is 6.17. The monoisotopic (exact) mass is 371 g/mol. The first-order valence-corrected chi connectivity index (χ1v) is 8.16. The zero-order chi connectivity index (χ0) is 18.9. The number of benzene rings is 1. The molecule has 0 fully saturated rings. The Balaban J connectivity index is 2.61. The number of ether oxygens (including phenoxy) is 3. The molecule has 25 heavy (non-hydrogen) atoms. The number of carbonyl (C=O) groups is 3. The second-order valence-corrected chi connectivity index (χ2v) is 6.34. The van der Waals surface area contributed by atoms with Gasteiger partial charge in [-0.3, -0.25) is 4.79 Å². The predicted molar refractivity (Wildman–Crippen MR) is 90.8 cm³/mol. The lowest BCUT2D eigenvalue weighted by molar-refractivity contribution is -0.152. The molecule has 1 aromatic carbocycles. The van der Waals surface area contributed by atoms with Gasteiger partial charge in [-0.25, -0.2) is 9.59 Å². The van der Waals surface area contributed by atoms with Crippen LogP contribution in [-0.4, -0.2) is 35.7 Å². The van der Waals surface area contributed by atoms with E-state index in [1.165, 1.54) is 0 Å². The van der Waals surface area contributed by atoms with E-state index in [4.69, 9.17) is 21.1 Å². The molecule has 8 heteroatoms. The molecule has 0 aliphatic carbocycles. The molecule has 0 spiro atoms. The predicted octanol–water partition coefficient (Wildman–Crippen LogP) is 2.75. The number of hydrogen-bond donors (Lipinski definition) is 1. The molecule has 0 saturated carbocycles. The molecule has 0 saturated heterocycles. The van der Waals surface area contributed by atoms with E-state index < -0.39 is 42.2 Å². The van der Waals surface area contributed by atoms with Crippen molar-refractivity contribution in [1.29, 1.82) is 0 Å². The van der Waals surface area contributed by atoms with E-state index in [9.17, 15) is 14.4 Å². The van der Waals surface area contributed by atoms with Crippen LogP contribution in [0.25, 0.3) is 0 Å². The summed E-state index contributed by atoms with van der Waals surface area (Å²) >= 11 is 5.36. The molecule has 0 unspecified atom stereocenters. The van der Waals surface area contributed by atoms with E-state index in [2.05, 4.69) is 10.1 Å². The lowest BCUT2D eigenvalue weighted by Gasteiger charge is -2.22. The minimum atomic E-state index is -1.25. The van der Waals surface area contributed by atoms with Gasteiger partial charge >= 0.3 is 18.0 Å². The SMILES string of the molecule is CC(C)(C)OC(=O)N[C@@H](CC(=O)OCc1ccccc1)C(=O)OCCl. The zero-order valence-electron chi connectivity index (χ0n) is 14.4. The third-order valence-electron chi connectivity index (χ3n) is 2.79. The average Bonchev–Trinajstić information content (AvgIpc) is 2.51. The van der Waals surface area contributed by atoms with Crippen molar-refractivity contribution in [1.82, 2.24) is 5.32 Å². The summed E-state index contributed by atoms with van der Waals surface area (Å²) in [5, 5.41) is 2.29. The highest BCUT2D eigenvalue weighted by atomic mass is 35.5. The van der Waals surface area contributed by atoms with Gasteiger partial charge in [-0.05, 0) is 26.3 Å². The van der Waals surface area contributed by atoms with E-state index >= 15 is 0 Å². The summed E-state index contributed by atoms with van der Waals surface area (Å²) in [7, 11) is 0. The molecule has 1 rings (SSSR count). The van der Waals surface area contributed by atoms with Gasteiger partial charge in [0.15, 0.2) is 6.07 Å². The second kappa shape index (κ2) is 9.88. The molecule has 138 valence electrons. The standard InChI is InChI=1S/C17H22ClNO6/c1-17(2,3)25-16(22)19-13(15(21)24-11-18)9-14(20)23-10-12-7-5-4-6-8-12/h4-8,13H,9-11H2,1-3H3,(H,19,22)/t13-/m0/s1. The first-order chi connectivity index (χ1) is 11.7. The Morgan fingerprint density at radius 2 is 1.76 bits per heavy atom. The van der Waals surface area contributed by atoms with Crippen LogP contribution in [-0.2, 0) is 30.4 Å². The first-order valence-electron chi connectivity index (χ1n) is 7.63. The number of halogens is 1. The lowest BCUT2D eigenvalue weighted by atomic mass is 10.2. The number of esters is 2. The van der Waals surface area contributed by atoms with E-state index in [0.717, 1.165) is 5.56 Å². The second-order valence-electron chi connectivity index (χ2n) is 6.12. The molecule has 0 aliphatic heterocycles. The smallest absolute Gasteiger partial charge is 0.408 e. The highest BCUT2D eigenvalue weighted by Gasteiger charge is 2.28. The molecule has 0 heterocycles. The van der Waals surface area contributed by atoms with Crippen LogP contribution < -0.4 is 5.32 Å². The summed E-state index contributed by atoms with van der Waals surface area (Å²) in [5.74, 6) is -1.52. The minimum Gasteiger partial charge on any atom is -0.461 e. The number of alkyl halides is 1. The van der Waals surface area contributed by atoms with Crippen LogP contribution in [0.3, 0.4) is 0 Å². The molecule has 1 amide bonds. The number of nitrogens with one attached hydrogen (secondary N) is 1. The molecule has 1 aromatic rings. The van der Waals surface area contributed by atoms with Gasteiger partial charge in [-0.2, -0.15) is 0 Å². The van der Waals surface area contributed by atoms with Crippen molar-refractivity contribution in [2.45, 2.75) is 45.4 Å². The third-order valence-corrected chi connectivity index (χ3v) is 2.89. The van der Waals surface area contributed by atoms with E-state index in [1.54, 1.807) is 32.9 Å². The van der Waals surface area contributed by atoms with Crippen LogP contribution in [0.15, 0.2) is 30.3 Å². The topological polar surface area (TPSA) is 90.9 Å². The van der Waals surface area contributed by atoms with Crippen molar-refractivity contribution >= 4 is 29.6 Å². The van der Waals surface area contributed by atoms with E-state index in [1.807, 2.05) is 18.2 Å². The minimum absolute atomic E-state index is 0.0589. The molecule has 0 aliphatic rings. The quantitative estimate of drug-likeness (QED) is 0.450. The Labute approximate surface area is 151 Å². The highest BCUT2D eigenvalue weighted by Crippen LogP contribution is 2.09. The fourth-order valence-electron chi connectivity index (χ4n) is 1.76. The van der Waals surface area contributed by atoms with Crippen molar-refractivity contribution < 1.29 is 28.6 Å². The Hall–Kier alpha value is -2.28. The van der Waals surface area contributed by atoms with Gasteiger partial charge in [0.2, 0.25) is 0 Å². The summed E-state index contributed by atoms with van der Waals surface area (Å²) in [4.78, 5) is 35.6. The molecule has 0 radical (unpaired) electrons. The average molecular weight is 372 g/mol. The Morgan fingerprint density at radius 3 is 2.32 bits per heavy atom. The van der Waals surface area contributed by atoms with Gasteiger partial charge in [0.1, 0.15) is 18.2 Å². The molecular formula is C17H22ClNO6. The summed E-state index contributed by atoms with van der Waals surface area (Å²) in [6, 6.07) is 7.41. The largest absolute Gasteiger partial charge is 0.461 e. The van der Waals surface area contributed by atoms with Gasteiger partial charge < -0.3 is 19.5 Å². The van der Waals surface area contributed by atoms with Crippen molar-refractivity contribution in [3.05, 3.63) is 35.9 Å². The lowest BCUT2D eigenvalue weighted by Crippen LogP contribution is -2.45. The maximum absolute atomic E-state index is 11.9. The van der Waals surface area contributed by atoms with E-state index in [0.29, 0.717) is 0 Å². The molecule has 1 N–H and O–H groups in total. The van der Waals surface area contributed by atoms with Crippen LogP contribution in [0, 0.1) is 0 Å². The number of amides is 1. The Morgan fingerprint density at radius 1 is 1.12 bits per heavy atom. The van der Waals surface area contributed by atoms with Crippen LogP contribution in [0.2, 0.25) is 0 Å². The van der Waals surface area contributed by atoms with Crippen LogP contribution >= 0.6 is 11.6 Å². The van der Waals surface area contributed by atoms with Crippen molar-refractivity contribution in [3.63, 3.8) is 0 Å². The first kappa shape index (κ1) is 20.8. The molecule has 1 atom stereocenters. The summed E-state index contributed by atoms with van der Waals surface area (Å²) in [5.41, 5.74) is 0.0506. The maximum Gasteiger partial charge on any atom is 0.408 e. The fourth-order valence-corrected chi connectivity index (χ4v) is 1.87. The maximum atomic E-state index is 11.9. The van der Waals surface area contributed by atoms with Crippen molar-refractivity contribution in [3.8, 4) is 0 Å². The fraction of sp³-hybridized carbons (Fsp3) is 0.471. The van der Waals surface area contributed by atoms with Crippen molar-refractivity contribution in [2.75, 3.05) is 6.07 Å². The summed E-state index contributed by atoms with van der Waals surface area (Å²) in [6.45, 7) is 5.08. The summed E-state index contributed by atoms with van der Waals surface area (Å²) in [6.07, 6.45) is -1.25. The molecular weight excluding hydrogens is 350 g/mol. The number of hydrogen-bond acceptors (Lipinski definition) is 6. The van der Waals surface area contributed by atoms with Gasteiger partial charge in [0.05, 0.1) is 6.42 Å². The molecule has 7 nitrogen and oxygen atoms in total. The van der Waals surface area contributed by atoms with Crippen molar-refractivity contribution in [2.24, 2.45) is 0 Å². The number of carbonyl (C=O) groups excluding carboxylic acids is 3. The Kier molecular flexibility index (Phi) is 8.21. The van der Waals surface area contributed by atoms with E-state index in [-0.39, 0.29) is 6.61 Å². The van der Waals surface area contributed by atoms with Gasteiger partial charge in [-0.1, -0.05) is 41.9 Å². The number of alkyl carbamates (subject to hydrolysis) is 1. The Bertz CT molecular complexity index is 585. The van der Waals surface area contributed by atoms with Gasteiger partial charge in [0, 0.05) is 0 Å². The summed E-state index contributed by atoms with van der Waals surface area (Å²) < 4.78 is 14.8.